The maximum Gasteiger partial charge on any atom is 0.294 e. The lowest BCUT2D eigenvalue weighted by Crippen LogP contribution is -2.44. The van der Waals surface area contributed by atoms with Crippen LogP contribution in [0.2, 0.25) is 0 Å². The monoisotopic (exact) mass is 255 g/mol. The fraction of sp³-hybridized carbons (Fsp3) is 0.133. The zero-order chi connectivity index (χ0) is 13.5. The molecule has 1 N–H and O–H groups in total. The summed E-state index contributed by atoms with van der Waals surface area (Å²) in [4.78, 5) is 0. The van der Waals surface area contributed by atoms with E-state index in [2.05, 4.69) is 0 Å². The molecule has 19 heavy (non-hydrogen) atoms. The molecule has 2 aromatic rings. The molecule has 0 spiro atoms. The SMILES string of the molecule is N#CC1(c2ccccc2)Oc2ccccc2C1(O)F. The highest BCUT2D eigenvalue weighted by Gasteiger charge is 2.63. The number of hydrogen-bond donors (Lipinski definition) is 1. The van der Waals surface area contributed by atoms with Crippen molar-refractivity contribution in [2.75, 3.05) is 0 Å². The summed E-state index contributed by atoms with van der Waals surface area (Å²) in [5.74, 6) is -2.71. The molecule has 2 atom stereocenters. The van der Waals surface area contributed by atoms with Crippen LogP contribution < -0.4 is 4.74 Å². The van der Waals surface area contributed by atoms with E-state index in [0.717, 1.165) is 0 Å². The lowest BCUT2D eigenvalue weighted by atomic mass is 9.85. The molecular weight excluding hydrogens is 245 g/mol. The van der Waals surface area contributed by atoms with Crippen LogP contribution in [-0.4, -0.2) is 5.11 Å². The molecule has 3 nitrogen and oxygen atoms in total. The number of nitrogens with zero attached hydrogens (tertiary/aromatic N) is 1. The van der Waals surface area contributed by atoms with Crippen LogP contribution in [0, 0.1) is 11.3 Å². The molecule has 0 aliphatic carbocycles. The second-order valence-corrected chi connectivity index (χ2v) is 4.38. The van der Waals surface area contributed by atoms with Gasteiger partial charge in [0, 0.05) is 5.56 Å². The Morgan fingerprint density at radius 1 is 1.05 bits per heavy atom. The largest absolute Gasteiger partial charge is 0.461 e. The van der Waals surface area contributed by atoms with Crippen LogP contribution in [0.1, 0.15) is 11.1 Å². The van der Waals surface area contributed by atoms with Gasteiger partial charge in [-0.1, -0.05) is 42.5 Å². The molecule has 0 radical (unpaired) electrons. The second-order valence-electron chi connectivity index (χ2n) is 4.38. The number of rotatable bonds is 1. The third-order valence-electron chi connectivity index (χ3n) is 3.31. The molecule has 1 heterocycles. The van der Waals surface area contributed by atoms with Crippen molar-refractivity contribution in [2.45, 2.75) is 11.5 Å². The quantitative estimate of drug-likeness (QED) is 0.852. The van der Waals surface area contributed by atoms with Gasteiger partial charge in [-0.3, -0.25) is 0 Å². The number of para-hydroxylation sites is 1. The van der Waals surface area contributed by atoms with E-state index in [9.17, 15) is 14.8 Å². The predicted octanol–water partition coefficient (Wildman–Crippen LogP) is 2.61. The summed E-state index contributed by atoms with van der Waals surface area (Å²) < 4.78 is 20.3. The molecule has 94 valence electrons. The lowest BCUT2D eigenvalue weighted by molar-refractivity contribution is -0.183. The number of nitriles is 1. The first kappa shape index (κ1) is 11.7. The van der Waals surface area contributed by atoms with Crippen LogP contribution in [0.25, 0.3) is 0 Å². The number of hydrogen-bond acceptors (Lipinski definition) is 3. The second kappa shape index (κ2) is 3.81. The molecule has 1 aliphatic heterocycles. The highest BCUT2D eigenvalue weighted by atomic mass is 19.2. The number of aliphatic hydroxyl groups is 1. The van der Waals surface area contributed by atoms with E-state index >= 15 is 0 Å². The summed E-state index contributed by atoms with van der Waals surface area (Å²) in [7, 11) is 0. The Kier molecular flexibility index (Phi) is 2.34. The summed E-state index contributed by atoms with van der Waals surface area (Å²) in [5.41, 5.74) is -1.82. The summed E-state index contributed by atoms with van der Waals surface area (Å²) in [6.07, 6.45) is 0. The average molecular weight is 255 g/mol. The Morgan fingerprint density at radius 2 is 1.68 bits per heavy atom. The van der Waals surface area contributed by atoms with Crippen molar-refractivity contribution in [1.82, 2.24) is 0 Å². The first-order valence-corrected chi connectivity index (χ1v) is 5.78. The standard InChI is InChI=1S/C15H10FNO2/c16-15(18)12-8-4-5-9-13(12)19-14(15,10-17)11-6-2-1-3-7-11/h1-9,18H. The van der Waals surface area contributed by atoms with Gasteiger partial charge in [-0.25, -0.2) is 4.39 Å². The molecule has 0 saturated carbocycles. The normalized spacial score (nSPS) is 28.3. The van der Waals surface area contributed by atoms with Gasteiger partial charge in [-0.15, -0.1) is 0 Å². The van der Waals surface area contributed by atoms with Crippen molar-refractivity contribution in [3.63, 3.8) is 0 Å². The molecule has 4 heteroatoms. The number of ether oxygens (including phenoxy) is 1. The van der Waals surface area contributed by atoms with Crippen LogP contribution in [0.5, 0.6) is 5.75 Å². The molecule has 0 saturated heterocycles. The molecule has 2 unspecified atom stereocenters. The Balaban J connectivity index is 2.25. The third kappa shape index (κ3) is 1.39. The van der Waals surface area contributed by atoms with Gasteiger partial charge in [0.2, 0.25) is 0 Å². The summed E-state index contributed by atoms with van der Waals surface area (Å²) in [5, 5.41) is 19.6. The van der Waals surface area contributed by atoms with Gasteiger partial charge < -0.3 is 9.84 Å². The minimum absolute atomic E-state index is 0.0274. The van der Waals surface area contributed by atoms with Crippen LogP contribution in [0.3, 0.4) is 0 Å². The fourth-order valence-electron chi connectivity index (χ4n) is 2.34. The van der Waals surface area contributed by atoms with Gasteiger partial charge in [-0.2, -0.15) is 5.26 Å². The van der Waals surface area contributed by atoms with Crippen LogP contribution in [0.4, 0.5) is 4.39 Å². The zero-order valence-corrected chi connectivity index (χ0v) is 9.88. The highest BCUT2D eigenvalue weighted by molar-refractivity contribution is 5.50. The maximum atomic E-state index is 14.8. The fourth-order valence-corrected chi connectivity index (χ4v) is 2.34. The molecule has 3 rings (SSSR count). The van der Waals surface area contributed by atoms with E-state index in [-0.39, 0.29) is 16.9 Å². The Morgan fingerprint density at radius 3 is 2.32 bits per heavy atom. The number of benzene rings is 2. The van der Waals surface area contributed by atoms with Crippen LogP contribution in [0.15, 0.2) is 54.6 Å². The molecule has 1 aliphatic rings. The minimum Gasteiger partial charge on any atom is -0.461 e. The number of fused-ring (bicyclic) bond motifs is 1. The van der Waals surface area contributed by atoms with Gasteiger partial charge in [-0.05, 0) is 12.1 Å². The molecular formula is C15H10FNO2. The van der Waals surface area contributed by atoms with Gasteiger partial charge in [0.05, 0.1) is 5.56 Å². The molecule has 0 aromatic heterocycles. The van der Waals surface area contributed by atoms with Crippen molar-refractivity contribution in [3.05, 3.63) is 65.7 Å². The third-order valence-corrected chi connectivity index (χ3v) is 3.31. The van der Waals surface area contributed by atoms with Crippen molar-refractivity contribution < 1.29 is 14.2 Å². The van der Waals surface area contributed by atoms with Crippen molar-refractivity contribution in [1.29, 1.82) is 5.26 Å². The zero-order valence-electron chi connectivity index (χ0n) is 9.88. The molecule has 2 aromatic carbocycles. The minimum atomic E-state index is -2.89. The van der Waals surface area contributed by atoms with Gasteiger partial charge >= 0.3 is 0 Å². The number of halogens is 1. The Bertz CT molecular complexity index is 663. The van der Waals surface area contributed by atoms with Gasteiger partial charge in [0.15, 0.2) is 0 Å². The van der Waals surface area contributed by atoms with Crippen LogP contribution in [-0.2, 0) is 11.5 Å². The van der Waals surface area contributed by atoms with E-state index < -0.39 is 11.5 Å². The van der Waals surface area contributed by atoms with Crippen molar-refractivity contribution in [3.8, 4) is 11.8 Å². The predicted molar refractivity (Wildman–Crippen MR) is 65.8 cm³/mol. The summed E-state index contributed by atoms with van der Waals surface area (Å²) in [6.45, 7) is 0. The molecule has 0 fully saturated rings. The number of alkyl halides is 1. The lowest BCUT2D eigenvalue weighted by Gasteiger charge is -2.29. The average Bonchev–Trinajstić information content (AvgIpc) is 2.69. The summed E-state index contributed by atoms with van der Waals surface area (Å²) >= 11 is 0. The van der Waals surface area contributed by atoms with Crippen LogP contribution >= 0.6 is 0 Å². The van der Waals surface area contributed by atoms with E-state index in [1.165, 1.54) is 12.1 Å². The summed E-state index contributed by atoms with van der Waals surface area (Å²) in [6, 6.07) is 16.2. The van der Waals surface area contributed by atoms with Gasteiger partial charge in [0.1, 0.15) is 11.8 Å². The highest BCUT2D eigenvalue weighted by Crippen LogP contribution is 2.53. The maximum absolute atomic E-state index is 14.8. The molecule has 0 bridgehead atoms. The van der Waals surface area contributed by atoms with E-state index in [1.807, 2.05) is 0 Å². The molecule has 0 amide bonds. The first-order valence-electron chi connectivity index (χ1n) is 5.78. The van der Waals surface area contributed by atoms with E-state index in [0.29, 0.717) is 0 Å². The van der Waals surface area contributed by atoms with Crippen molar-refractivity contribution in [2.24, 2.45) is 0 Å². The van der Waals surface area contributed by atoms with E-state index in [1.54, 1.807) is 48.5 Å². The first-order chi connectivity index (χ1) is 9.12. The van der Waals surface area contributed by atoms with Crippen molar-refractivity contribution >= 4 is 0 Å². The Hall–Kier alpha value is -2.38. The smallest absolute Gasteiger partial charge is 0.294 e. The topological polar surface area (TPSA) is 53.2 Å². The van der Waals surface area contributed by atoms with Gasteiger partial charge in [0.25, 0.3) is 11.5 Å². The van der Waals surface area contributed by atoms with E-state index in [4.69, 9.17) is 4.74 Å². The Labute approximate surface area is 109 Å².